The normalized spacial score (nSPS) is 11.3. The topological polar surface area (TPSA) is 86.2 Å². The first-order chi connectivity index (χ1) is 11.5. The Bertz CT molecular complexity index is 820. The maximum Gasteiger partial charge on any atom is 0.276 e. The van der Waals surface area contributed by atoms with Crippen molar-refractivity contribution in [1.82, 2.24) is 4.83 Å². The van der Waals surface area contributed by atoms with Crippen molar-refractivity contribution in [1.29, 1.82) is 0 Å². The summed E-state index contributed by atoms with van der Waals surface area (Å²) in [5.74, 6) is 1.44. The summed E-state index contributed by atoms with van der Waals surface area (Å²) in [5.41, 5.74) is 0.533. The average Bonchev–Trinajstić information content (AvgIpc) is 2.61. The third-order valence-corrected chi connectivity index (χ3v) is 4.40. The Morgan fingerprint density at radius 2 is 1.50 bits per heavy atom. The molecule has 128 valence electrons. The second kappa shape index (κ2) is 7.69. The van der Waals surface area contributed by atoms with E-state index in [9.17, 15) is 8.42 Å². The van der Waals surface area contributed by atoms with Gasteiger partial charge in [0.25, 0.3) is 10.0 Å². The molecule has 0 radical (unpaired) electrons. The second-order valence-corrected chi connectivity index (χ2v) is 6.28. The van der Waals surface area contributed by atoms with Crippen LogP contribution in [0.25, 0.3) is 0 Å². The van der Waals surface area contributed by atoms with Crippen LogP contribution in [0, 0.1) is 0 Å². The first-order valence-electron chi connectivity index (χ1n) is 6.91. The van der Waals surface area contributed by atoms with Gasteiger partial charge in [-0.1, -0.05) is 18.2 Å². The predicted octanol–water partition coefficient (Wildman–Crippen LogP) is 2.02. The van der Waals surface area contributed by atoms with Crippen LogP contribution in [0.1, 0.15) is 5.56 Å². The number of methoxy groups -OCH3 is 3. The molecule has 0 aliphatic carbocycles. The van der Waals surface area contributed by atoms with Gasteiger partial charge in [-0.2, -0.15) is 13.5 Å². The van der Waals surface area contributed by atoms with Crippen LogP contribution in [-0.2, 0) is 10.0 Å². The van der Waals surface area contributed by atoms with Crippen LogP contribution >= 0.6 is 0 Å². The molecule has 0 aromatic heterocycles. The van der Waals surface area contributed by atoms with Gasteiger partial charge < -0.3 is 14.2 Å². The van der Waals surface area contributed by atoms with Gasteiger partial charge in [-0.05, 0) is 18.2 Å². The average molecular weight is 350 g/mol. The minimum Gasteiger partial charge on any atom is -0.496 e. The zero-order valence-electron chi connectivity index (χ0n) is 13.5. The zero-order valence-corrected chi connectivity index (χ0v) is 14.3. The summed E-state index contributed by atoms with van der Waals surface area (Å²) in [6.45, 7) is 0. The van der Waals surface area contributed by atoms with Crippen molar-refractivity contribution < 1.29 is 22.6 Å². The number of hydrogen-bond acceptors (Lipinski definition) is 6. The SMILES string of the molecule is COc1cc(OC)c(OC)cc1/C=N/NS(=O)(=O)c1ccccc1. The molecule has 0 atom stereocenters. The number of nitrogens with zero attached hydrogens (tertiary/aromatic N) is 1. The van der Waals surface area contributed by atoms with Gasteiger partial charge in [0.2, 0.25) is 0 Å². The highest BCUT2D eigenvalue weighted by molar-refractivity contribution is 7.89. The van der Waals surface area contributed by atoms with Crippen molar-refractivity contribution in [2.24, 2.45) is 5.10 Å². The van der Waals surface area contributed by atoms with Crippen molar-refractivity contribution in [3.05, 3.63) is 48.0 Å². The molecule has 24 heavy (non-hydrogen) atoms. The molecule has 7 nitrogen and oxygen atoms in total. The van der Waals surface area contributed by atoms with E-state index in [4.69, 9.17) is 14.2 Å². The van der Waals surface area contributed by atoms with Crippen molar-refractivity contribution in [2.45, 2.75) is 4.90 Å². The van der Waals surface area contributed by atoms with Crippen LogP contribution in [0.5, 0.6) is 17.2 Å². The van der Waals surface area contributed by atoms with Gasteiger partial charge in [-0.15, -0.1) is 0 Å². The molecular weight excluding hydrogens is 332 g/mol. The van der Waals surface area contributed by atoms with Crippen LogP contribution < -0.4 is 19.0 Å². The van der Waals surface area contributed by atoms with Gasteiger partial charge in [0, 0.05) is 11.6 Å². The van der Waals surface area contributed by atoms with E-state index in [0.717, 1.165) is 0 Å². The number of benzene rings is 2. The van der Waals surface area contributed by atoms with Crippen molar-refractivity contribution in [3.63, 3.8) is 0 Å². The van der Waals surface area contributed by atoms with Crippen molar-refractivity contribution >= 4 is 16.2 Å². The number of rotatable bonds is 7. The minimum absolute atomic E-state index is 0.126. The summed E-state index contributed by atoms with van der Waals surface area (Å²) in [5, 5.41) is 3.79. The Morgan fingerprint density at radius 3 is 2.08 bits per heavy atom. The van der Waals surface area contributed by atoms with Gasteiger partial charge in [-0.3, -0.25) is 0 Å². The largest absolute Gasteiger partial charge is 0.496 e. The lowest BCUT2D eigenvalue weighted by Crippen LogP contribution is -2.18. The summed E-state index contributed by atoms with van der Waals surface area (Å²) in [6, 6.07) is 11.2. The molecule has 0 saturated carbocycles. The number of ether oxygens (including phenoxy) is 3. The van der Waals surface area contributed by atoms with Crippen molar-refractivity contribution in [2.75, 3.05) is 21.3 Å². The first kappa shape index (κ1) is 17.6. The minimum atomic E-state index is -3.72. The molecule has 0 fully saturated rings. The van der Waals surface area contributed by atoms with E-state index in [1.165, 1.54) is 39.7 Å². The lowest BCUT2D eigenvalue weighted by molar-refractivity contribution is 0.349. The molecule has 0 aliphatic rings. The van der Waals surface area contributed by atoms with E-state index in [2.05, 4.69) is 9.93 Å². The summed E-state index contributed by atoms with van der Waals surface area (Å²) < 4.78 is 39.9. The van der Waals surface area contributed by atoms with E-state index in [0.29, 0.717) is 22.8 Å². The van der Waals surface area contributed by atoms with E-state index < -0.39 is 10.0 Å². The number of hydrazone groups is 1. The quantitative estimate of drug-likeness (QED) is 0.610. The summed E-state index contributed by atoms with van der Waals surface area (Å²) in [4.78, 5) is 2.28. The lowest BCUT2D eigenvalue weighted by Gasteiger charge is -2.11. The van der Waals surface area contributed by atoms with Gasteiger partial charge in [0.05, 0.1) is 32.4 Å². The Labute approximate surface area is 140 Å². The Balaban J connectivity index is 2.26. The van der Waals surface area contributed by atoms with Crippen LogP contribution in [-0.4, -0.2) is 36.0 Å². The van der Waals surface area contributed by atoms with E-state index >= 15 is 0 Å². The van der Waals surface area contributed by atoms with Crippen LogP contribution in [0.3, 0.4) is 0 Å². The third-order valence-electron chi connectivity index (χ3n) is 3.17. The molecule has 2 aromatic rings. The second-order valence-electron chi connectivity index (χ2n) is 4.62. The highest BCUT2D eigenvalue weighted by atomic mass is 32.2. The molecule has 0 saturated heterocycles. The molecule has 0 aliphatic heterocycles. The molecule has 0 amide bonds. The molecule has 0 spiro atoms. The molecule has 0 heterocycles. The molecule has 2 rings (SSSR count). The Kier molecular flexibility index (Phi) is 5.64. The molecule has 2 aromatic carbocycles. The van der Waals surface area contributed by atoms with Gasteiger partial charge in [0.15, 0.2) is 11.5 Å². The Morgan fingerprint density at radius 1 is 0.917 bits per heavy atom. The van der Waals surface area contributed by atoms with E-state index in [-0.39, 0.29) is 4.90 Å². The molecule has 0 bridgehead atoms. The van der Waals surface area contributed by atoms with Crippen LogP contribution in [0.2, 0.25) is 0 Å². The number of sulfonamides is 1. The summed E-state index contributed by atoms with van der Waals surface area (Å²) in [6.07, 6.45) is 1.33. The van der Waals surface area contributed by atoms with Gasteiger partial charge >= 0.3 is 0 Å². The van der Waals surface area contributed by atoms with Gasteiger partial charge in [-0.25, -0.2) is 4.83 Å². The third kappa shape index (κ3) is 3.96. The van der Waals surface area contributed by atoms with Crippen LogP contribution in [0.15, 0.2) is 52.5 Å². The smallest absolute Gasteiger partial charge is 0.276 e. The zero-order chi connectivity index (χ0) is 17.6. The van der Waals surface area contributed by atoms with Gasteiger partial charge in [0.1, 0.15) is 5.75 Å². The first-order valence-corrected chi connectivity index (χ1v) is 8.40. The summed E-state index contributed by atoms with van der Waals surface area (Å²) in [7, 11) is 0.786. The maximum absolute atomic E-state index is 12.1. The predicted molar refractivity (Wildman–Crippen MR) is 90.5 cm³/mol. The highest BCUT2D eigenvalue weighted by Gasteiger charge is 2.13. The van der Waals surface area contributed by atoms with Crippen molar-refractivity contribution in [3.8, 4) is 17.2 Å². The molecule has 0 unspecified atom stereocenters. The fourth-order valence-electron chi connectivity index (χ4n) is 1.97. The molecule has 8 heteroatoms. The molecule has 1 N–H and O–H groups in total. The van der Waals surface area contributed by atoms with E-state index in [1.807, 2.05) is 0 Å². The summed E-state index contributed by atoms with van der Waals surface area (Å²) >= 11 is 0. The maximum atomic E-state index is 12.1. The number of hydrogen-bond donors (Lipinski definition) is 1. The highest BCUT2D eigenvalue weighted by Crippen LogP contribution is 2.33. The molecular formula is C16H18N2O5S. The monoisotopic (exact) mass is 350 g/mol. The van der Waals surface area contributed by atoms with Crippen LogP contribution in [0.4, 0.5) is 0 Å². The van der Waals surface area contributed by atoms with E-state index in [1.54, 1.807) is 30.3 Å². The standard InChI is InChI=1S/C16H18N2O5S/c1-21-14-10-16(23-3)15(22-2)9-12(14)11-17-18-24(19,20)13-7-5-4-6-8-13/h4-11,18H,1-3H3/b17-11+. The fraction of sp³-hybridized carbons (Fsp3) is 0.188. The fourth-order valence-corrected chi connectivity index (χ4v) is 2.78. The Hall–Kier alpha value is -2.74. The number of nitrogens with one attached hydrogen (secondary N) is 1. The lowest BCUT2D eigenvalue weighted by atomic mass is 10.2.